The SMILES string of the molecule is CCCCCCC(C(=O)O)C(=O)O.[H-].[H-].[K+].[Na+]. The van der Waals surface area contributed by atoms with E-state index in [2.05, 4.69) is 0 Å². The number of unbranched alkanes of at least 4 members (excludes halogenated alkanes) is 3. The Balaban J connectivity index is -0.000000120. The van der Waals surface area contributed by atoms with Crippen LogP contribution in [-0.4, -0.2) is 22.2 Å². The number of hydrogen-bond acceptors (Lipinski definition) is 2. The zero-order valence-corrected chi connectivity index (χ0v) is 14.9. The molecule has 0 aromatic heterocycles. The Kier molecular flexibility index (Phi) is 19.8. The van der Waals surface area contributed by atoms with Crippen molar-refractivity contribution in [3.05, 3.63) is 0 Å². The normalized spacial score (nSPS) is 8.93. The van der Waals surface area contributed by atoms with E-state index < -0.39 is 17.9 Å². The van der Waals surface area contributed by atoms with Gasteiger partial charge >= 0.3 is 92.9 Å². The van der Waals surface area contributed by atoms with Crippen LogP contribution < -0.4 is 80.9 Å². The molecule has 0 heterocycles. The monoisotopic (exact) mass is 252 g/mol. The summed E-state index contributed by atoms with van der Waals surface area (Å²) in [4.78, 5) is 20.8. The number of aliphatic carboxylic acids is 2. The molecule has 0 amide bonds. The maximum Gasteiger partial charge on any atom is 1.00 e. The third-order valence-electron chi connectivity index (χ3n) is 1.94. The number of rotatable bonds is 7. The number of hydrogen-bond donors (Lipinski definition) is 2. The Bertz CT molecular complexity index is 182. The van der Waals surface area contributed by atoms with Crippen molar-refractivity contribution in [2.75, 3.05) is 0 Å². The Morgan fingerprint density at radius 3 is 1.93 bits per heavy atom. The standard InChI is InChI=1S/C9H16O4.K.Na.2H/c1-2-3-4-5-6-7(8(10)11)9(12)13;;;;/h7H,2-6H2,1H3,(H,10,11)(H,12,13);;;;/q;2*+1;2*-1. The van der Waals surface area contributed by atoms with Gasteiger partial charge in [0.1, 0.15) is 0 Å². The molecule has 0 aliphatic carbocycles. The molecule has 0 rings (SSSR count). The van der Waals surface area contributed by atoms with Crippen LogP contribution in [0, 0.1) is 5.92 Å². The molecule has 15 heavy (non-hydrogen) atoms. The molecule has 0 saturated carbocycles. The first-order valence-electron chi connectivity index (χ1n) is 4.55. The van der Waals surface area contributed by atoms with E-state index in [4.69, 9.17) is 10.2 Å². The Labute approximate surface area is 158 Å². The Hall–Kier alpha value is 1.58. The quantitative estimate of drug-likeness (QED) is 0.275. The summed E-state index contributed by atoms with van der Waals surface area (Å²) >= 11 is 0. The second-order valence-electron chi connectivity index (χ2n) is 3.08. The summed E-state index contributed by atoms with van der Waals surface area (Å²) in [5.74, 6) is -3.69. The van der Waals surface area contributed by atoms with Crippen molar-refractivity contribution in [3.8, 4) is 0 Å². The number of carbonyl (C=O) groups is 2. The molecule has 0 aromatic carbocycles. The molecule has 2 N–H and O–H groups in total. The maximum atomic E-state index is 10.4. The molecule has 0 atom stereocenters. The van der Waals surface area contributed by atoms with Gasteiger partial charge < -0.3 is 13.1 Å². The molecule has 0 aromatic rings. The summed E-state index contributed by atoms with van der Waals surface area (Å²) in [7, 11) is 0. The maximum absolute atomic E-state index is 10.4. The van der Waals surface area contributed by atoms with Gasteiger partial charge in [-0.15, -0.1) is 0 Å². The van der Waals surface area contributed by atoms with Crippen LogP contribution in [-0.2, 0) is 9.59 Å². The van der Waals surface area contributed by atoms with Crippen molar-refractivity contribution >= 4 is 11.9 Å². The molecule has 0 fully saturated rings. The van der Waals surface area contributed by atoms with Gasteiger partial charge in [0.15, 0.2) is 5.92 Å². The van der Waals surface area contributed by atoms with E-state index in [1.54, 1.807) is 0 Å². The average Bonchev–Trinajstić information content (AvgIpc) is 2.02. The molecule has 0 saturated heterocycles. The largest absolute Gasteiger partial charge is 1.00 e. The van der Waals surface area contributed by atoms with Crippen molar-refractivity contribution in [2.45, 2.75) is 39.0 Å². The fourth-order valence-electron chi connectivity index (χ4n) is 1.13. The van der Waals surface area contributed by atoms with Gasteiger partial charge in [0.2, 0.25) is 0 Å². The zero-order chi connectivity index (χ0) is 10.3. The third-order valence-corrected chi connectivity index (χ3v) is 1.94. The second kappa shape index (κ2) is 13.6. The van der Waals surface area contributed by atoms with Crippen molar-refractivity contribution in [1.82, 2.24) is 0 Å². The summed E-state index contributed by atoms with van der Waals surface area (Å²) in [5.41, 5.74) is 0. The van der Waals surface area contributed by atoms with E-state index in [1.165, 1.54) is 0 Å². The summed E-state index contributed by atoms with van der Waals surface area (Å²) in [6, 6.07) is 0. The molecule has 0 radical (unpaired) electrons. The molecular formula is C9H18KNaO4. The smallest absolute Gasteiger partial charge is 1.00 e. The minimum atomic E-state index is -1.23. The molecule has 80 valence electrons. The van der Waals surface area contributed by atoms with Crippen molar-refractivity contribution in [2.24, 2.45) is 5.92 Å². The van der Waals surface area contributed by atoms with Gasteiger partial charge in [-0.2, -0.15) is 0 Å². The number of carboxylic acid groups (broad SMARTS) is 2. The molecule has 0 aliphatic rings. The van der Waals surface area contributed by atoms with Crippen LogP contribution in [0.2, 0.25) is 0 Å². The van der Waals surface area contributed by atoms with Crippen LogP contribution in [0.25, 0.3) is 0 Å². The van der Waals surface area contributed by atoms with E-state index in [9.17, 15) is 9.59 Å². The predicted octanol–water partition coefficient (Wildman–Crippen LogP) is -4.02. The summed E-state index contributed by atoms with van der Waals surface area (Å²) in [5, 5.41) is 17.0. The van der Waals surface area contributed by atoms with Gasteiger partial charge in [-0.25, -0.2) is 0 Å². The third kappa shape index (κ3) is 11.8. The molecule has 0 unspecified atom stereocenters. The molecule has 0 aliphatic heterocycles. The van der Waals surface area contributed by atoms with Crippen LogP contribution in [0.3, 0.4) is 0 Å². The van der Waals surface area contributed by atoms with E-state index in [1.807, 2.05) is 6.92 Å². The van der Waals surface area contributed by atoms with E-state index in [0.717, 1.165) is 19.3 Å². The van der Waals surface area contributed by atoms with Crippen LogP contribution in [0.1, 0.15) is 41.9 Å². The zero-order valence-electron chi connectivity index (χ0n) is 11.8. The number of carboxylic acids is 2. The van der Waals surface area contributed by atoms with E-state index >= 15 is 0 Å². The second-order valence-corrected chi connectivity index (χ2v) is 3.08. The van der Waals surface area contributed by atoms with Crippen LogP contribution in [0.15, 0.2) is 0 Å². The summed E-state index contributed by atoms with van der Waals surface area (Å²) in [6.07, 6.45) is 3.92. The first kappa shape index (κ1) is 21.8. The van der Waals surface area contributed by atoms with Gasteiger partial charge in [-0.3, -0.25) is 9.59 Å². The van der Waals surface area contributed by atoms with Gasteiger partial charge in [-0.1, -0.05) is 32.6 Å². The van der Waals surface area contributed by atoms with Crippen LogP contribution in [0.4, 0.5) is 0 Å². The predicted molar refractivity (Wildman–Crippen MR) is 49.7 cm³/mol. The van der Waals surface area contributed by atoms with Crippen molar-refractivity contribution in [3.63, 3.8) is 0 Å². The van der Waals surface area contributed by atoms with Gasteiger partial charge in [0.05, 0.1) is 0 Å². The first-order valence-corrected chi connectivity index (χ1v) is 4.55. The van der Waals surface area contributed by atoms with E-state index in [-0.39, 0.29) is 90.2 Å². The van der Waals surface area contributed by atoms with Crippen molar-refractivity contribution < 1.29 is 104 Å². The van der Waals surface area contributed by atoms with Gasteiger partial charge in [0.25, 0.3) is 0 Å². The molecule has 4 nitrogen and oxygen atoms in total. The minimum Gasteiger partial charge on any atom is -1.00 e. The molecular weight excluding hydrogens is 234 g/mol. The van der Waals surface area contributed by atoms with Gasteiger partial charge in [-0.05, 0) is 6.42 Å². The first-order chi connectivity index (χ1) is 6.09. The molecule has 0 bridgehead atoms. The van der Waals surface area contributed by atoms with Crippen molar-refractivity contribution in [1.29, 1.82) is 0 Å². The van der Waals surface area contributed by atoms with E-state index in [0.29, 0.717) is 6.42 Å². The fourth-order valence-corrected chi connectivity index (χ4v) is 1.13. The fraction of sp³-hybridized carbons (Fsp3) is 0.778. The minimum absolute atomic E-state index is 0. The summed E-state index contributed by atoms with van der Waals surface area (Å²) in [6.45, 7) is 2.05. The Morgan fingerprint density at radius 1 is 1.13 bits per heavy atom. The molecule has 0 spiro atoms. The van der Waals surface area contributed by atoms with Gasteiger partial charge in [0, 0.05) is 0 Å². The topological polar surface area (TPSA) is 74.6 Å². The molecule has 6 heteroatoms. The summed E-state index contributed by atoms with van der Waals surface area (Å²) < 4.78 is 0. The average molecular weight is 252 g/mol. The Morgan fingerprint density at radius 2 is 1.60 bits per heavy atom. The van der Waals surface area contributed by atoms with Crippen LogP contribution >= 0.6 is 0 Å². The van der Waals surface area contributed by atoms with Crippen LogP contribution in [0.5, 0.6) is 0 Å².